The number of rotatable bonds is 6. The van der Waals surface area contributed by atoms with E-state index in [1.807, 2.05) is 30.5 Å². The number of hydrogen-bond donors (Lipinski definition) is 2. The van der Waals surface area contributed by atoms with E-state index in [0.717, 1.165) is 54.6 Å². The third kappa shape index (κ3) is 4.76. The summed E-state index contributed by atoms with van der Waals surface area (Å²) in [6.07, 6.45) is 4.61. The number of H-pyrrole nitrogens is 1. The molecule has 4 aromatic rings. The van der Waals surface area contributed by atoms with Gasteiger partial charge in [0.05, 0.1) is 6.42 Å². The minimum Gasteiger partial charge on any atom is -0.361 e. The van der Waals surface area contributed by atoms with Gasteiger partial charge < -0.3 is 10.3 Å². The molecule has 162 valence electrons. The molecule has 0 saturated carbocycles. The average molecular weight is 424 g/mol. The van der Waals surface area contributed by atoms with Crippen molar-refractivity contribution in [3.05, 3.63) is 102 Å². The SMILES string of the molecule is O=C(Cc1c[nH]c2ccccc12)Nc1cccc(C2CCN(Cc3ccccc3)CC2)c1. The third-order valence-electron chi connectivity index (χ3n) is 6.50. The van der Waals surface area contributed by atoms with Crippen molar-refractivity contribution in [3.63, 3.8) is 0 Å². The van der Waals surface area contributed by atoms with Crippen LogP contribution in [0.2, 0.25) is 0 Å². The topological polar surface area (TPSA) is 48.1 Å². The molecule has 1 aliphatic rings. The van der Waals surface area contributed by atoms with Crippen LogP contribution in [0.25, 0.3) is 10.9 Å². The van der Waals surface area contributed by atoms with Crippen molar-refractivity contribution in [3.8, 4) is 0 Å². The van der Waals surface area contributed by atoms with Gasteiger partial charge in [-0.15, -0.1) is 0 Å². The number of fused-ring (bicyclic) bond motifs is 1. The van der Waals surface area contributed by atoms with Gasteiger partial charge in [-0.1, -0.05) is 60.7 Å². The van der Waals surface area contributed by atoms with Gasteiger partial charge >= 0.3 is 0 Å². The molecular formula is C28H29N3O. The Morgan fingerprint density at radius 1 is 0.938 bits per heavy atom. The number of aromatic nitrogens is 1. The maximum absolute atomic E-state index is 12.7. The summed E-state index contributed by atoms with van der Waals surface area (Å²) in [5, 5.41) is 4.21. The number of nitrogens with zero attached hydrogens (tertiary/aromatic N) is 1. The van der Waals surface area contributed by atoms with E-state index in [2.05, 4.69) is 69.8 Å². The number of amides is 1. The van der Waals surface area contributed by atoms with Gasteiger partial charge in [0.25, 0.3) is 0 Å². The van der Waals surface area contributed by atoms with E-state index in [4.69, 9.17) is 0 Å². The summed E-state index contributed by atoms with van der Waals surface area (Å²) in [6.45, 7) is 3.24. The number of benzene rings is 3. The second kappa shape index (κ2) is 9.41. The Morgan fingerprint density at radius 3 is 2.56 bits per heavy atom. The van der Waals surface area contributed by atoms with Crippen molar-refractivity contribution >= 4 is 22.5 Å². The van der Waals surface area contributed by atoms with Crippen LogP contribution in [0.3, 0.4) is 0 Å². The van der Waals surface area contributed by atoms with E-state index in [1.165, 1.54) is 11.1 Å². The lowest BCUT2D eigenvalue weighted by Crippen LogP contribution is -2.32. The normalized spacial score (nSPS) is 15.1. The predicted molar refractivity (Wildman–Crippen MR) is 131 cm³/mol. The first kappa shape index (κ1) is 20.5. The molecule has 2 heterocycles. The fourth-order valence-electron chi connectivity index (χ4n) is 4.79. The number of piperidine rings is 1. The molecular weight excluding hydrogens is 394 g/mol. The van der Waals surface area contributed by atoms with Gasteiger partial charge in [-0.05, 0) is 66.7 Å². The van der Waals surface area contributed by atoms with Crippen LogP contribution in [0.15, 0.2) is 85.1 Å². The zero-order valence-corrected chi connectivity index (χ0v) is 18.3. The standard InChI is InChI=1S/C28H29N3O/c32-28(18-24-19-29-27-12-5-4-11-26(24)27)30-25-10-6-9-23(17-25)22-13-15-31(16-14-22)20-21-7-2-1-3-8-21/h1-12,17,19,22,29H,13-16,18,20H2,(H,30,32). The molecule has 1 fully saturated rings. The van der Waals surface area contributed by atoms with Crippen LogP contribution in [0, 0.1) is 0 Å². The van der Waals surface area contributed by atoms with E-state index in [-0.39, 0.29) is 5.91 Å². The van der Waals surface area contributed by atoms with Crippen molar-refractivity contribution in [2.24, 2.45) is 0 Å². The van der Waals surface area contributed by atoms with E-state index in [1.54, 1.807) is 0 Å². The maximum atomic E-state index is 12.7. The smallest absolute Gasteiger partial charge is 0.228 e. The van der Waals surface area contributed by atoms with Crippen molar-refractivity contribution in [1.29, 1.82) is 0 Å². The molecule has 1 saturated heterocycles. The lowest BCUT2D eigenvalue weighted by Gasteiger charge is -2.32. The van der Waals surface area contributed by atoms with Gasteiger partial charge in [0, 0.05) is 29.3 Å². The number of para-hydroxylation sites is 1. The van der Waals surface area contributed by atoms with Gasteiger partial charge in [-0.25, -0.2) is 0 Å². The van der Waals surface area contributed by atoms with Crippen LogP contribution in [0.1, 0.15) is 35.4 Å². The second-order valence-corrected chi connectivity index (χ2v) is 8.75. The Balaban J connectivity index is 1.18. The number of hydrogen-bond acceptors (Lipinski definition) is 2. The highest BCUT2D eigenvalue weighted by atomic mass is 16.1. The van der Waals surface area contributed by atoms with Gasteiger partial charge in [-0.3, -0.25) is 9.69 Å². The van der Waals surface area contributed by atoms with E-state index < -0.39 is 0 Å². The lowest BCUT2D eigenvalue weighted by molar-refractivity contribution is -0.115. The summed E-state index contributed by atoms with van der Waals surface area (Å²) in [5.74, 6) is 0.567. The number of anilines is 1. The molecule has 32 heavy (non-hydrogen) atoms. The molecule has 2 N–H and O–H groups in total. The molecule has 1 aromatic heterocycles. The maximum Gasteiger partial charge on any atom is 0.228 e. The quantitative estimate of drug-likeness (QED) is 0.416. The zero-order chi connectivity index (χ0) is 21.8. The number of carbonyl (C=O) groups is 1. The highest BCUT2D eigenvalue weighted by Gasteiger charge is 2.21. The van der Waals surface area contributed by atoms with Crippen molar-refractivity contribution in [2.75, 3.05) is 18.4 Å². The van der Waals surface area contributed by atoms with Crippen LogP contribution in [0.4, 0.5) is 5.69 Å². The number of likely N-dealkylation sites (tertiary alicyclic amines) is 1. The molecule has 1 aliphatic heterocycles. The Morgan fingerprint density at radius 2 is 1.72 bits per heavy atom. The minimum atomic E-state index is 0.0181. The van der Waals surface area contributed by atoms with Crippen LogP contribution < -0.4 is 5.32 Å². The molecule has 0 atom stereocenters. The summed E-state index contributed by atoms with van der Waals surface area (Å²) < 4.78 is 0. The molecule has 0 aliphatic carbocycles. The molecule has 5 rings (SSSR count). The van der Waals surface area contributed by atoms with Gasteiger partial charge in [-0.2, -0.15) is 0 Å². The summed E-state index contributed by atoms with van der Waals surface area (Å²) >= 11 is 0. The lowest BCUT2D eigenvalue weighted by atomic mass is 9.89. The zero-order valence-electron chi connectivity index (χ0n) is 18.3. The Bertz CT molecular complexity index is 1190. The molecule has 4 nitrogen and oxygen atoms in total. The number of carbonyl (C=O) groups excluding carboxylic acids is 1. The Kier molecular flexibility index (Phi) is 6.04. The van der Waals surface area contributed by atoms with Crippen LogP contribution in [-0.4, -0.2) is 28.9 Å². The molecule has 1 amide bonds. The Hall–Kier alpha value is -3.37. The Labute approximate surface area is 189 Å². The summed E-state index contributed by atoms with van der Waals surface area (Å²) in [7, 11) is 0. The molecule has 3 aromatic carbocycles. The highest BCUT2D eigenvalue weighted by Crippen LogP contribution is 2.30. The van der Waals surface area contributed by atoms with Crippen molar-refractivity contribution < 1.29 is 4.79 Å². The van der Waals surface area contributed by atoms with E-state index in [9.17, 15) is 4.79 Å². The van der Waals surface area contributed by atoms with Gasteiger partial charge in [0.15, 0.2) is 0 Å². The third-order valence-corrected chi connectivity index (χ3v) is 6.50. The summed E-state index contributed by atoms with van der Waals surface area (Å²) in [4.78, 5) is 18.5. The monoisotopic (exact) mass is 423 g/mol. The summed E-state index contributed by atoms with van der Waals surface area (Å²) in [6, 6.07) is 27.2. The highest BCUT2D eigenvalue weighted by molar-refractivity contribution is 5.95. The number of aromatic amines is 1. The molecule has 0 spiro atoms. The summed E-state index contributed by atoms with van der Waals surface area (Å²) in [5.41, 5.74) is 5.69. The second-order valence-electron chi connectivity index (χ2n) is 8.75. The van der Waals surface area contributed by atoms with Crippen molar-refractivity contribution in [2.45, 2.75) is 31.7 Å². The van der Waals surface area contributed by atoms with Crippen LogP contribution in [-0.2, 0) is 17.8 Å². The van der Waals surface area contributed by atoms with E-state index in [0.29, 0.717) is 12.3 Å². The first-order valence-electron chi connectivity index (χ1n) is 11.5. The van der Waals surface area contributed by atoms with Crippen molar-refractivity contribution in [1.82, 2.24) is 9.88 Å². The molecule has 0 bridgehead atoms. The van der Waals surface area contributed by atoms with Crippen LogP contribution in [0.5, 0.6) is 0 Å². The fourth-order valence-corrected chi connectivity index (χ4v) is 4.79. The molecule has 4 heteroatoms. The van der Waals surface area contributed by atoms with Gasteiger partial charge in [0.2, 0.25) is 5.91 Å². The first-order valence-corrected chi connectivity index (χ1v) is 11.5. The fraction of sp³-hybridized carbons (Fsp3) is 0.250. The van der Waals surface area contributed by atoms with Gasteiger partial charge in [0.1, 0.15) is 0 Å². The molecule has 0 unspecified atom stereocenters. The average Bonchev–Trinajstić information content (AvgIpc) is 3.23. The van der Waals surface area contributed by atoms with E-state index >= 15 is 0 Å². The first-order chi connectivity index (χ1) is 15.7. The number of nitrogens with one attached hydrogen (secondary N) is 2. The van der Waals surface area contributed by atoms with Crippen LogP contribution >= 0.6 is 0 Å². The predicted octanol–water partition coefficient (Wildman–Crippen LogP) is 5.73. The largest absolute Gasteiger partial charge is 0.361 e. The minimum absolute atomic E-state index is 0.0181. The molecule has 0 radical (unpaired) electrons.